The summed E-state index contributed by atoms with van der Waals surface area (Å²) in [6.07, 6.45) is 6.59. The highest BCUT2D eigenvalue weighted by molar-refractivity contribution is 6.30. The van der Waals surface area contributed by atoms with Crippen LogP contribution in [0, 0.1) is 5.92 Å². The third-order valence-corrected chi connectivity index (χ3v) is 5.26. The molecule has 1 saturated carbocycles. The molecule has 1 aromatic carbocycles. The molecule has 1 heterocycles. The molecule has 7 heteroatoms. The van der Waals surface area contributed by atoms with E-state index in [1.54, 1.807) is 0 Å². The number of nitrogens with zero attached hydrogens (tertiary/aromatic N) is 1. The third kappa shape index (κ3) is 4.49. The Labute approximate surface area is 157 Å². The first-order valence-corrected chi connectivity index (χ1v) is 9.44. The number of carbonyl (C=O) groups excluding carboxylic acids is 1. The SMILES string of the molecule is O=C(CCCn1c(O)c[nH]c1=O)N[C@H](c1cccc(Cl)c1)C1CCCC1. The van der Waals surface area contributed by atoms with E-state index in [0.29, 0.717) is 30.3 Å². The second-order valence-corrected chi connectivity index (χ2v) is 7.29. The molecule has 1 atom stereocenters. The molecular weight excluding hydrogens is 354 g/mol. The summed E-state index contributed by atoms with van der Waals surface area (Å²) in [5.41, 5.74) is 0.669. The molecular formula is C19H24ClN3O3. The summed E-state index contributed by atoms with van der Waals surface area (Å²) in [7, 11) is 0. The predicted octanol–water partition coefficient (Wildman–Crippen LogP) is 3.36. The van der Waals surface area contributed by atoms with Crippen LogP contribution >= 0.6 is 11.6 Å². The molecule has 1 aliphatic carbocycles. The van der Waals surface area contributed by atoms with Crippen LogP contribution in [0.2, 0.25) is 5.02 Å². The molecule has 26 heavy (non-hydrogen) atoms. The Morgan fingerprint density at radius 3 is 2.81 bits per heavy atom. The van der Waals surface area contributed by atoms with E-state index in [0.717, 1.165) is 18.4 Å². The Morgan fingerprint density at radius 1 is 1.38 bits per heavy atom. The van der Waals surface area contributed by atoms with E-state index >= 15 is 0 Å². The first kappa shape index (κ1) is 18.6. The van der Waals surface area contributed by atoms with Gasteiger partial charge in [-0.2, -0.15) is 0 Å². The largest absolute Gasteiger partial charge is 0.493 e. The monoisotopic (exact) mass is 377 g/mol. The summed E-state index contributed by atoms with van der Waals surface area (Å²) in [4.78, 5) is 26.4. The number of H-pyrrole nitrogens is 1. The lowest BCUT2D eigenvalue weighted by Gasteiger charge is -2.25. The van der Waals surface area contributed by atoms with Gasteiger partial charge in [-0.05, 0) is 42.9 Å². The second kappa shape index (κ2) is 8.45. The van der Waals surface area contributed by atoms with Gasteiger partial charge in [0, 0.05) is 18.0 Å². The molecule has 6 nitrogen and oxygen atoms in total. The molecule has 2 aromatic rings. The van der Waals surface area contributed by atoms with Crippen molar-refractivity contribution in [2.45, 2.75) is 51.1 Å². The molecule has 0 unspecified atom stereocenters. The molecule has 0 saturated heterocycles. The highest BCUT2D eigenvalue weighted by atomic mass is 35.5. The van der Waals surface area contributed by atoms with Crippen molar-refractivity contribution in [2.24, 2.45) is 5.92 Å². The van der Waals surface area contributed by atoms with Crippen LogP contribution in [0.3, 0.4) is 0 Å². The second-order valence-electron chi connectivity index (χ2n) is 6.85. The van der Waals surface area contributed by atoms with E-state index in [4.69, 9.17) is 11.6 Å². The van der Waals surface area contributed by atoms with Gasteiger partial charge in [-0.15, -0.1) is 0 Å². The molecule has 0 aliphatic heterocycles. The normalized spacial score (nSPS) is 15.9. The number of benzene rings is 1. The average molecular weight is 378 g/mol. The fraction of sp³-hybridized carbons (Fsp3) is 0.474. The number of halogens is 1. The van der Waals surface area contributed by atoms with Crippen LogP contribution in [0.25, 0.3) is 0 Å². The van der Waals surface area contributed by atoms with Crippen molar-refractivity contribution >= 4 is 17.5 Å². The number of hydrogen-bond donors (Lipinski definition) is 3. The lowest BCUT2D eigenvalue weighted by atomic mass is 9.91. The summed E-state index contributed by atoms with van der Waals surface area (Å²) in [5.74, 6) is 0.261. The molecule has 1 fully saturated rings. The number of imidazole rings is 1. The van der Waals surface area contributed by atoms with Crippen LogP contribution in [0.5, 0.6) is 5.88 Å². The number of aromatic amines is 1. The Bertz CT molecular complexity index is 808. The van der Waals surface area contributed by atoms with E-state index in [-0.39, 0.29) is 23.5 Å². The summed E-state index contributed by atoms with van der Waals surface area (Å²) in [6, 6.07) is 7.63. The van der Waals surface area contributed by atoms with Crippen molar-refractivity contribution < 1.29 is 9.90 Å². The van der Waals surface area contributed by atoms with Crippen LogP contribution in [0.4, 0.5) is 0 Å². The van der Waals surface area contributed by atoms with E-state index in [1.807, 2.05) is 24.3 Å². The minimum Gasteiger partial charge on any atom is -0.493 e. The molecule has 0 radical (unpaired) electrons. The molecule has 1 aliphatic rings. The highest BCUT2D eigenvalue weighted by Crippen LogP contribution is 2.36. The molecule has 3 N–H and O–H groups in total. The first-order valence-electron chi connectivity index (χ1n) is 9.06. The fourth-order valence-electron chi connectivity index (χ4n) is 3.71. The number of rotatable bonds is 7. The number of aromatic hydroxyl groups is 1. The average Bonchev–Trinajstić information content (AvgIpc) is 3.25. The quantitative estimate of drug-likeness (QED) is 0.691. The zero-order valence-electron chi connectivity index (χ0n) is 14.6. The minimum absolute atomic E-state index is 0.0351. The maximum atomic E-state index is 12.5. The lowest BCUT2D eigenvalue weighted by Crippen LogP contribution is -2.33. The van der Waals surface area contributed by atoms with Crippen molar-refractivity contribution in [2.75, 3.05) is 0 Å². The maximum Gasteiger partial charge on any atom is 0.328 e. The number of carbonyl (C=O) groups is 1. The Hall–Kier alpha value is -2.21. The van der Waals surface area contributed by atoms with Crippen molar-refractivity contribution in [3.63, 3.8) is 0 Å². The van der Waals surface area contributed by atoms with E-state index in [2.05, 4.69) is 10.3 Å². The van der Waals surface area contributed by atoms with Crippen molar-refractivity contribution in [1.82, 2.24) is 14.9 Å². The topological polar surface area (TPSA) is 87.1 Å². The molecule has 1 amide bonds. The van der Waals surface area contributed by atoms with Gasteiger partial charge in [0.1, 0.15) is 0 Å². The van der Waals surface area contributed by atoms with Gasteiger partial charge < -0.3 is 15.4 Å². The third-order valence-electron chi connectivity index (χ3n) is 5.03. The smallest absolute Gasteiger partial charge is 0.328 e. The zero-order chi connectivity index (χ0) is 18.5. The summed E-state index contributed by atoms with van der Waals surface area (Å²) in [6.45, 7) is 0.298. The number of aromatic nitrogens is 2. The van der Waals surface area contributed by atoms with Crippen molar-refractivity contribution in [3.05, 3.63) is 51.5 Å². The predicted molar refractivity (Wildman–Crippen MR) is 100 cm³/mol. The van der Waals surface area contributed by atoms with E-state index < -0.39 is 0 Å². The molecule has 0 spiro atoms. The lowest BCUT2D eigenvalue weighted by molar-refractivity contribution is -0.122. The van der Waals surface area contributed by atoms with Crippen LogP contribution in [0.15, 0.2) is 35.3 Å². The van der Waals surface area contributed by atoms with Crippen LogP contribution in [-0.4, -0.2) is 20.6 Å². The Balaban J connectivity index is 1.61. The first-order chi connectivity index (χ1) is 12.5. The molecule has 140 valence electrons. The molecule has 1 aromatic heterocycles. The summed E-state index contributed by atoms with van der Waals surface area (Å²) >= 11 is 6.13. The molecule has 3 rings (SSSR count). The van der Waals surface area contributed by atoms with Gasteiger partial charge in [-0.25, -0.2) is 4.79 Å². The number of hydrogen-bond acceptors (Lipinski definition) is 3. The summed E-state index contributed by atoms with van der Waals surface area (Å²) < 4.78 is 1.22. The minimum atomic E-state index is -0.370. The van der Waals surface area contributed by atoms with E-state index in [9.17, 15) is 14.7 Å². The van der Waals surface area contributed by atoms with Gasteiger partial charge in [0.2, 0.25) is 11.8 Å². The van der Waals surface area contributed by atoms with Crippen LogP contribution in [0.1, 0.15) is 50.1 Å². The van der Waals surface area contributed by atoms with Gasteiger partial charge in [0.05, 0.1) is 12.2 Å². The summed E-state index contributed by atoms with van der Waals surface area (Å²) in [5, 5.41) is 13.4. The van der Waals surface area contributed by atoms with Gasteiger partial charge in [0.15, 0.2) is 0 Å². The maximum absolute atomic E-state index is 12.5. The molecule has 0 bridgehead atoms. The van der Waals surface area contributed by atoms with Gasteiger partial charge >= 0.3 is 5.69 Å². The van der Waals surface area contributed by atoms with Gasteiger partial charge in [0.25, 0.3) is 0 Å². The van der Waals surface area contributed by atoms with Gasteiger partial charge in [-0.3, -0.25) is 9.36 Å². The standard InChI is InChI=1S/C19H24ClN3O3/c20-15-8-3-7-14(11-15)18(13-5-1-2-6-13)22-16(24)9-4-10-23-17(25)12-21-19(23)26/h3,7-8,11-13,18,25H,1-2,4-6,9-10H2,(H,21,26)(H,22,24)/t18-/m0/s1. The van der Waals surface area contributed by atoms with Gasteiger partial charge in [-0.1, -0.05) is 36.6 Å². The van der Waals surface area contributed by atoms with Crippen LogP contribution < -0.4 is 11.0 Å². The van der Waals surface area contributed by atoms with Crippen LogP contribution in [-0.2, 0) is 11.3 Å². The van der Waals surface area contributed by atoms with Crippen molar-refractivity contribution in [1.29, 1.82) is 0 Å². The highest BCUT2D eigenvalue weighted by Gasteiger charge is 2.27. The van der Waals surface area contributed by atoms with E-state index in [1.165, 1.54) is 23.6 Å². The fourth-order valence-corrected chi connectivity index (χ4v) is 3.91. The number of amides is 1. The number of nitrogens with one attached hydrogen (secondary N) is 2. The Morgan fingerprint density at radius 2 is 2.15 bits per heavy atom. The Kier molecular flexibility index (Phi) is 6.04. The van der Waals surface area contributed by atoms with Crippen molar-refractivity contribution in [3.8, 4) is 5.88 Å². The zero-order valence-corrected chi connectivity index (χ0v) is 15.3.